The minimum atomic E-state index is 0.510. The number of nitrogens with zero attached hydrogens (tertiary/aromatic N) is 2. The molecule has 0 bridgehead atoms. The van der Waals surface area contributed by atoms with Crippen molar-refractivity contribution in [2.75, 3.05) is 0 Å². The Hall–Kier alpha value is -4.76. The van der Waals surface area contributed by atoms with Gasteiger partial charge in [0.1, 0.15) is 5.15 Å². The van der Waals surface area contributed by atoms with Gasteiger partial charge in [-0.25, -0.2) is 0 Å². The monoisotopic (exact) mass is 578 g/mol. The first-order valence-corrected chi connectivity index (χ1v) is 14.7. The van der Waals surface area contributed by atoms with Crippen LogP contribution in [0.15, 0.2) is 146 Å². The second kappa shape index (κ2) is 9.95. The molecule has 8 rings (SSSR count). The molecule has 200 valence electrons. The number of aromatic nitrogens is 2. The Morgan fingerprint density at radius 3 is 1.67 bits per heavy atom. The van der Waals surface area contributed by atoms with Crippen LogP contribution in [-0.2, 0) is 0 Å². The van der Waals surface area contributed by atoms with Gasteiger partial charge >= 0.3 is 0 Å². The molecule has 8 aromatic rings. The Bertz CT molecular complexity index is 2260. The number of halogens is 2. The van der Waals surface area contributed by atoms with Gasteiger partial charge in [-0.05, 0) is 76.9 Å². The molecule has 0 aliphatic rings. The van der Waals surface area contributed by atoms with Crippen LogP contribution < -0.4 is 0 Å². The summed E-state index contributed by atoms with van der Waals surface area (Å²) in [6.45, 7) is 0. The third-order valence-electron chi connectivity index (χ3n) is 8.08. The van der Waals surface area contributed by atoms with Crippen LogP contribution in [0.3, 0.4) is 0 Å². The summed E-state index contributed by atoms with van der Waals surface area (Å²) in [7, 11) is 0. The minimum absolute atomic E-state index is 0.510. The molecule has 0 radical (unpaired) electrons. The molecule has 2 nitrogen and oxygen atoms in total. The summed E-state index contributed by atoms with van der Waals surface area (Å²) in [5.74, 6) is 0. The minimum Gasteiger partial charge on any atom is -0.309 e. The molecule has 0 atom stereocenters. The predicted octanol–water partition coefficient (Wildman–Crippen LogP) is 11.4. The summed E-state index contributed by atoms with van der Waals surface area (Å²) in [6, 6.07) is 51.0. The van der Waals surface area contributed by atoms with Crippen molar-refractivity contribution in [3.63, 3.8) is 0 Å². The van der Waals surface area contributed by atoms with Crippen LogP contribution in [0.5, 0.6) is 0 Å². The lowest BCUT2D eigenvalue weighted by atomic mass is 10.0. The van der Waals surface area contributed by atoms with E-state index in [9.17, 15) is 0 Å². The molecule has 42 heavy (non-hydrogen) atoms. The van der Waals surface area contributed by atoms with Gasteiger partial charge in [0.15, 0.2) is 0 Å². The van der Waals surface area contributed by atoms with Crippen LogP contribution in [-0.4, -0.2) is 9.13 Å². The van der Waals surface area contributed by atoms with E-state index >= 15 is 0 Å². The largest absolute Gasteiger partial charge is 0.309 e. The highest BCUT2D eigenvalue weighted by Crippen LogP contribution is 2.40. The van der Waals surface area contributed by atoms with Gasteiger partial charge in [-0.1, -0.05) is 114 Å². The van der Waals surface area contributed by atoms with E-state index in [4.69, 9.17) is 23.2 Å². The van der Waals surface area contributed by atoms with Crippen molar-refractivity contribution in [1.82, 2.24) is 9.13 Å². The first kappa shape index (κ1) is 25.0. The molecule has 0 N–H and O–H groups in total. The maximum atomic E-state index is 6.90. The average molecular weight is 580 g/mol. The van der Waals surface area contributed by atoms with Gasteiger partial charge in [0.2, 0.25) is 0 Å². The number of benzene rings is 6. The number of para-hydroxylation sites is 2. The Balaban J connectivity index is 1.27. The van der Waals surface area contributed by atoms with Crippen molar-refractivity contribution in [2.45, 2.75) is 0 Å². The van der Waals surface area contributed by atoms with Crippen LogP contribution in [0.1, 0.15) is 0 Å². The van der Waals surface area contributed by atoms with Crippen LogP contribution in [0.2, 0.25) is 10.2 Å². The molecule has 0 amide bonds. The number of hydrogen-bond donors (Lipinski definition) is 0. The molecule has 0 spiro atoms. The van der Waals surface area contributed by atoms with E-state index in [1.807, 2.05) is 10.6 Å². The Morgan fingerprint density at radius 1 is 0.357 bits per heavy atom. The average Bonchev–Trinajstić information content (AvgIpc) is 3.52. The molecule has 0 saturated heterocycles. The zero-order valence-corrected chi connectivity index (χ0v) is 24.0. The lowest BCUT2D eigenvalue weighted by molar-refractivity contribution is 1.13. The third kappa shape index (κ3) is 3.95. The van der Waals surface area contributed by atoms with E-state index < -0.39 is 0 Å². The molecule has 6 aromatic carbocycles. The van der Waals surface area contributed by atoms with E-state index in [1.165, 1.54) is 21.8 Å². The van der Waals surface area contributed by atoms with Crippen molar-refractivity contribution >= 4 is 55.9 Å². The Kier molecular flexibility index (Phi) is 5.92. The van der Waals surface area contributed by atoms with Crippen molar-refractivity contribution in [3.05, 3.63) is 156 Å². The Morgan fingerprint density at radius 2 is 0.905 bits per heavy atom. The lowest BCUT2D eigenvalue weighted by Crippen LogP contribution is -1.94. The van der Waals surface area contributed by atoms with E-state index in [0.29, 0.717) is 10.2 Å². The highest BCUT2D eigenvalue weighted by molar-refractivity contribution is 6.45. The molecule has 0 aliphatic heterocycles. The Labute approximate surface area is 253 Å². The fourth-order valence-corrected chi connectivity index (χ4v) is 6.64. The smallest absolute Gasteiger partial charge is 0.133 e. The van der Waals surface area contributed by atoms with Gasteiger partial charge in [-0.3, -0.25) is 4.57 Å². The molecule has 0 saturated carbocycles. The maximum Gasteiger partial charge on any atom is 0.133 e. The highest BCUT2D eigenvalue weighted by Gasteiger charge is 2.18. The summed E-state index contributed by atoms with van der Waals surface area (Å²) in [6.07, 6.45) is 0. The topological polar surface area (TPSA) is 9.86 Å². The van der Waals surface area contributed by atoms with Gasteiger partial charge in [-0.15, -0.1) is 0 Å². The number of fused-ring (bicyclic) bond motifs is 4. The standard InChI is InChI=1S/C38H24Cl2N2/c39-37-33-24-28(19-21-36(33)42(38(37)40)30-15-9-12-26(22-30)25-10-3-1-4-11-25)27-18-20-35-32(23-27)31-16-7-8-17-34(31)41(35)29-13-5-2-6-14-29/h1-24H. The van der Waals surface area contributed by atoms with E-state index in [1.54, 1.807) is 0 Å². The summed E-state index contributed by atoms with van der Waals surface area (Å²) < 4.78 is 4.37. The number of rotatable bonds is 4. The fourth-order valence-electron chi connectivity index (χ4n) is 6.12. The first-order valence-electron chi connectivity index (χ1n) is 13.9. The van der Waals surface area contributed by atoms with E-state index in [0.717, 1.165) is 44.5 Å². The van der Waals surface area contributed by atoms with Gasteiger partial charge in [-0.2, -0.15) is 0 Å². The summed E-state index contributed by atoms with van der Waals surface area (Å²) in [5.41, 5.74) is 9.97. The van der Waals surface area contributed by atoms with Crippen molar-refractivity contribution in [1.29, 1.82) is 0 Å². The quantitative estimate of drug-likeness (QED) is 0.196. The second-order valence-electron chi connectivity index (χ2n) is 10.5. The van der Waals surface area contributed by atoms with Crippen LogP contribution >= 0.6 is 23.2 Å². The zero-order valence-electron chi connectivity index (χ0n) is 22.5. The first-order chi connectivity index (χ1) is 20.7. The SMILES string of the molecule is Clc1c(Cl)n(-c2cccc(-c3ccccc3)c2)c2ccc(-c3ccc4c(c3)c3ccccc3n4-c3ccccc3)cc12. The third-order valence-corrected chi connectivity index (χ3v) is 8.92. The van der Waals surface area contributed by atoms with Gasteiger partial charge < -0.3 is 4.57 Å². The van der Waals surface area contributed by atoms with Gasteiger partial charge in [0.05, 0.1) is 21.6 Å². The van der Waals surface area contributed by atoms with E-state index in [-0.39, 0.29) is 0 Å². The summed E-state index contributed by atoms with van der Waals surface area (Å²) >= 11 is 13.8. The van der Waals surface area contributed by atoms with Crippen molar-refractivity contribution in [2.24, 2.45) is 0 Å². The molecule has 0 unspecified atom stereocenters. The van der Waals surface area contributed by atoms with Crippen molar-refractivity contribution < 1.29 is 0 Å². The summed E-state index contributed by atoms with van der Waals surface area (Å²) in [5, 5.41) is 4.43. The summed E-state index contributed by atoms with van der Waals surface area (Å²) in [4.78, 5) is 0. The van der Waals surface area contributed by atoms with E-state index in [2.05, 4.69) is 144 Å². The lowest BCUT2D eigenvalue weighted by Gasteiger charge is -2.11. The molecule has 2 heterocycles. The fraction of sp³-hybridized carbons (Fsp3) is 0. The predicted molar refractivity (Wildman–Crippen MR) is 179 cm³/mol. The van der Waals surface area contributed by atoms with Crippen LogP contribution in [0.25, 0.3) is 66.3 Å². The maximum absolute atomic E-state index is 6.90. The molecular weight excluding hydrogens is 555 g/mol. The normalized spacial score (nSPS) is 11.6. The molecule has 0 fully saturated rings. The van der Waals surface area contributed by atoms with Crippen molar-refractivity contribution in [3.8, 4) is 33.6 Å². The molecule has 0 aliphatic carbocycles. The zero-order chi connectivity index (χ0) is 28.2. The van der Waals surface area contributed by atoms with Gasteiger partial charge in [0.25, 0.3) is 0 Å². The molecule has 4 heteroatoms. The van der Waals surface area contributed by atoms with Gasteiger partial charge in [0, 0.05) is 27.5 Å². The van der Waals surface area contributed by atoms with Crippen LogP contribution in [0.4, 0.5) is 0 Å². The molecular formula is C38H24Cl2N2. The number of hydrogen-bond acceptors (Lipinski definition) is 0. The highest BCUT2D eigenvalue weighted by atomic mass is 35.5. The second-order valence-corrected chi connectivity index (χ2v) is 11.2. The molecule has 2 aromatic heterocycles. The van der Waals surface area contributed by atoms with Crippen LogP contribution in [0, 0.1) is 0 Å².